The standard InChI is InChI=1S/C20H22FN7O6S/c1-11-14-5-4-13(33-19-24-16(10-32-3)25-26-19)8-15(14)34-20(29)28(11)9-12-6-7-23-18(17(12)21)27-35(30,31)22-2/h4-8,11,22H,9-10H2,1-3H3,(H,23,27)(H,24,25,26)/t11-/m1/s1. The number of hydrogen-bond donors (Lipinski definition) is 3. The van der Waals surface area contributed by atoms with E-state index >= 15 is 0 Å². The molecule has 0 unspecified atom stereocenters. The molecule has 0 bridgehead atoms. The highest BCUT2D eigenvalue weighted by atomic mass is 32.2. The topological polar surface area (TPSA) is 161 Å². The third-order valence-electron chi connectivity index (χ3n) is 5.15. The highest BCUT2D eigenvalue weighted by Gasteiger charge is 2.33. The van der Waals surface area contributed by atoms with Crippen LogP contribution in [0.2, 0.25) is 0 Å². The van der Waals surface area contributed by atoms with Crippen molar-refractivity contribution in [1.29, 1.82) is 0 Å². The number of nitrogens with zero attached hydrogens (tertiary/aromatic N) is 4. The van der Waals surface area contributed by atoms with Gasteiger partial charge in [-0.05, 0) is 25.1 Å². The van der Waals surface area contributed by atoms with E-state index in [1.54, 1.807) is 19.1 Å². The number of ether oxygens (including phenoxy) is 3. The summed E-state index contributed by atoms with van der Waals surface area (Å²) in [5, 5.41) is 7.74. The van der Waals surface area contributed by atoms with Crippen LogP contribution in [-0.4, -0.2) is 53.7 Å². The first-order valence-electron chi connectivity index (χ1n) is 10.3. The van der Waals surface area contributed by atoms with Gasteiger partial charge in [-0.3, -0.25) is 14.6 Å². The molecule has 1 aromatic carbocycles. The van der Waals surface area contributed by atoms with Crippen LogP contribution in [0.15, 0.2) is 30.5 Å². The maximum atomic E-state index is 14.9. The van der Waals surface area contributed by atoms with Crippen molar-refractivity contribution >= 4 is 22.1 Å². The molecule has 4 rings (SSSR count). The van der Waals surface area contributed by atoms with Crippen LogP contribution in [0.4, 0.5) is 15.0 Å². The Morgan fingerprint density at radius 1 is 1.29 bits per heavy atom. The predicted octanol–water partition coefficient (Wildman–Crippen LogP) is 2.23. The number of aromatic amines is 1. The Bertz CT molecular complexity index is 1350. The molecule has 3 heterocycles. The number of rotatable bonds is 9. The summed E-state index contributed by atoms with van der Waals surface area (Å²) in [6.45, 7) is 1.82. The number of H-pyrrole nitrogens is 1. The minimum absolute atomic E-state index is 0.0539. The van der Waals surface area contributed by atoms with Crippen molar-refractivity contribution in [2.45, 2.75) is 26.1 Å². The molecule has 186 valence electrons. The van der Waals surface area contributed by atoms with E-state index in [-0.39, 0.29) is 30.5 Å². The van der Waals surface area contributed by atoms with Gasteiger partial charge in [0.1, 0.15) is 18.1 Å². The van der Waals surface area contributed by atoms with Gasteiger partial charge in [0.15, 0.2) is 17.5 Å². The molecule has 1 amide bonds. The summed E-state index contributed by atoms with van der Waals surface area (Å²) in [6.07, 6.45) is 0.531. The van der Waals surface area contributed by atoms with E-state index in [9.17, 15) is 17.6 Å². The molecule has 0 aliphatic carbocycles. The Morgan fingerprint density at radius 2 is 2.09 bits per heavy atom. The Labute approximate surface area is 199 Å². The summed E-state index contributed by atoms with van der Waals surface area (Å²) in [5.41, 5.74) is 0.721. The number of fused-ring (bicyclic) bond motifs is 1. The molecule has 13 nitrogen and oxygen atoms in total. The lowest BCUT2D eigenvalue weighted by molar-refractivity contribution is 0.116. The molecule has 35 heavy (non-hydrogen) atoms. The van der Waals surface area contributed by atoms with Crippen molar-refractivity contribution in [2.24, 2.45) is 0 Å². The number of hydrogen-bond acceptors (Lipinski definition) is 9. The van der Waals surface area contributed by atoms with Gasteiger partial charge in [0.25, 0.3) is 10.2 Å². The third-order valence-corrected chi connectivity index (χ3v) is 6.15. The molecule has 0 fully saturated rings. The number of methoxy groups -OCH3 is 1. The zero-order valence-corrected chi connectivity index (χ0v) is 19.7. The number of nitrogens with one attached hydrogen (secondary N) is 3. The second kappa shape index (κ2) is 9.81. The highest BCUT2D eigenvalue weighted by Crippen LogP contribution is 2.38. The first-order valence-corrected chi connectivity index (χ1v) is 11.7. The third kappa shape index (κ3) is 5.31. The molecular weight excluding hydrogens is 485 g/mol. The molecule has 0 saturated carbocycles. The van der Waals surface area contributed by atoms with Crippen LogP contribution in [0.3, 0.4) is 0 Å². The number of carbonyl (C=O) groups excluding carboxylic acids is 1. The second-order valence-corrected chi connectivity index (χ2v) is 9.04. The summed E-state index contributed by atoms with van der Waals surface area (Å²) in [5.74, 6) is -0.259. The van der Waals surface area contributed by atoms with Crippen LogP contribution in [-0.2, 0) is 28.1 Å². The normalized spacial score (nSPS) is 15.5. The largest absolute Gasteiger partial charge is 0.424 e. The maximum Gasteiger partial charge on any atom is 0.416 e. The van der Waals surface area contributed by atoms with Gasteiger partial charge in [0, 0.05) is 37.5 Å². The van der Waals surface area contributed by atoms with Gasteiger partial charge in [-0.15, -0.1) is 5.10 Å². The molecule has 3 aromatic rings. The summed E-state index contributed by atoms with van der Waals surface area (Å²) >= 11 is 0. The molecule has 2 aromatic heterocycles. The number of aromatic nitrogens is 4. The van der Waals surface area contributed by atoms with E-state index in [0.717, 1.165) is 0 Å². The Morgan fingerprint density at radius 3 is 2.83 bits per heavy atom. The lowest BCUT2D eigenvalue weighted by atomic mass is 10.0. The molecule has 1 atom stereocenters. The molecule has 15 heteroatoms. The number of pyridine rings is 1. The van der Waals surface area contributed by atoms with Gasteiger partial charge in [0.05, 0.1) is 12.6 Å². The average molecular weight is 508 g/mol. The van der Waals surface area contributed by atoms with Crippen molar-refractivity contribution < 1.29 is 31.8 Å². The smallest absolute Gasteiger partial charge is 0.416 e. The van der Waals surface area contributed by atoms with Crippen molar-refractivity contribution in [1.82, 2.24) is 29.8 Å². The van der Waals surface area contributed by atoms with Crippen molar-refractivity contribution in [3.05, 3.63) is 53.2 Å². The second-order valence-electron chi connectivity index (χ2n) is 7.43. The van der Waals surface area contributed by atoms with E-state index in [0.29, 0.717) is 17.1 Å². The van der Waals surface area contributed by atoms with Crippen LogP contribution in [0.25, 0.3) is 0 Å². The molecule has 1 aliphatic rings. The zero-order valence-electron chi connectivity index (χ0n) is 18.9. The van der Waals surface area contributed by atoms with E-state index in [4.69, 9.17) is 14.2 Å². The molecular formula is C20H22FN7O6S. The first-order chi connectivity index (χ1) is 16.7. The van der Waals surface area contributed by atoms with E-state index in [1.165, 1.54) is 37.4 Å². The fraction of sp³-hybridized carbons (Fsp3) is 0.300. The van der Waals surface area contributed by atoms with Crippen LogP contribution in [0, 0.1) is 5.82 Å². The summed E-state index contributed by atoms with van der Waals surface area (Å²) in [4.78, 5) is 20.6. The van der Waals surface area contributed by atoms with Gasteiger partial charge in [-0.25, -0.2) is 18.9 Å². The van der Waals surface area contributed by atoms with Crippen molar-refractivity contribution in [3.8, 4) is 17.5 Å². The fourth-order valence-corrected chi connectivity index (χ4v) is 3.87. The van der Waals surface area contributed by atoms with Crippen LogP contribution in [0.1, 0.15) is 29.9 Å². The van der Waals surface area contributed by atoms with Gasteiger partial charge in [-0.1, -0.05) is 5.10 Å². The van der Waals surface area contributed by atoms with Crippen LogP contribution >= 0.6 is 0 Å². The molecule has 0 radical (unpaired) electrons. The minimum atomic E-state index is -3.97. The SMILES string of the molecule is CNS(=O)(=O)Nc1nccc(CN2C(=O)Oc3cc(Oc4nnc(COC)[nH]4)ccc3[C@H]2C)c1F. The number of anilines is 1. The van der Waals surface area contributed by atoms with Gasteiger partial charge in [-0.2, -0.15) is 8.42 Å². The Balaban J connectivity index is 1.52. The van der Waals surface area contributed by atoms with E-state index in [2.05, 4.69) is 20.2 Å². The van der Waals surface area contributed by atoms with Gasteiger partial charge < -0.3 is 14.2 Å². The monoisotopic (exact) mass is 507 g/mol. The highest BCUT2D eigenvalue weighted by molar-refractivity contribution is 7.90. The minimum Gasteiger partial charge on any atom is -0.424 e. The predicted molar refractivity (Wildman–Crippen MR) is 119 cm³/mol. The Hall–Kier alpha value is -3.82. The first kappa shape index (κ1) is 24.3. The maximum absolute atomic E-state index is 14.9. The van der Waals surface area contributed by atoms with Crippen molar-refractivity contribution in [3.63, 3.8) is 0 Å². The van der Waals surface area contributed by atoms with Crippen LogP contribution < -0.4 is 18.9 Å². The molecule has 3 N–H and O–H groups in total. The van der Waals surface area contributed by atoms with Crippen LogP contribution in [0.5, 0.6) is 17.5 Å². The lowest BCUT2D eigenvalue weighted by Crippen LogP contribution is -2.39. The molecule has 0 saturated heterocycles. The molecule has 0 spiro atoms. The Kier molecular flexibility index (Phi) is 6.81. The average Bonchev–Trinajstić information content (AvgIpc) is 3.25. The van der Waals surface area contributed by atoms with Crippen molar-refractivity contribution in [2.75, 3.05) is 18.9 Å². The van der Waals surface area contributed by atoms with E-state index < -0.39 is 34.0 Å². The summed E-state index contributed by atoms with van der Waals surface area (Å²) < 4.78 is 58.4. The zero-order chi connectivity index (χ0) is 25.2. The fourth-order valence-electron chi connectivity index (χ4n) is 3.37. The number of carbonyl (C=O) groups is 1. The number of benzene rings is 1. The summed E-state index contributed by atoms with van der Waals surface area (Å²) in [7, 11) is -1.27. The van der Waals surface area contributed by atoms with Gasteiger partial charge in [0.2, 0.25) is 0 Å². The molecule has 1 aliphatic heterocycles. The van der Waals surface area contributed by atoms with Gasteiger partial charge >= 0.3 is 12.1 Å². The summed E-state index contributed by atoms with van der Waals surface area (Å²) in [6, 6.07) is 5.95. The number of halogens is 1. The number of amides is 1. The quantitative estimate of drug-likeness (QED) is 0.394. The van der Waals surface area contributed by atoms with E-state index in [1.807, 2.05) is 9.44 Å². The lowest BCUT2D eigenvalue weighted by Gasteiger charge is -2.34.